The van der Waals surface area contributed by atoms with E-state index in [0.717, 1.165) is 57.5 Å². The van der Waals surface area contributed by atoms with E-state index in [-0.39, 0.29) is 48.0 Å². The number of nitrogens with zero attached hydrogens (tertiary/aromatic N) is 4. The zero-order valence-corrected chi connectivity index (χ0v) is 27.3. The highest BCUT2D eigenvalue weighted by Crippen LogP contribution is 2.35. The van der Waals surface area contributed by atoms with E-state index in [2.05, 4.69) is 16.3 Å². The van der Waals surface area contributed by atoms with Crippen molar-refractivity contribution in [2.45, 2.75) is 37.6 Å². The molecule has 2 aliphatic rings. The summed E-state index contributed by atoms with van der Waals surface area (Å²) in [5.74, 6) is -1.20. The molecule has 46 heavy (non-hydrogen) atoms. The van der Waals surface area contributed by atoms with Crippen LogP contribution in [0.1, 0.15) is 53.1 Å². The van der Waals surface area contributed by atoms with Crippen LogP contribution in [0.3, 0.4) is 0 Å². The Morgan fingerprint density at radius 2 is 1.89 bits per heavy atom. The van der Waals surface area contributed by atoms with E-state index < -0.39 is 11.8 Å². The van der Waals surface area contributed by atoms with Crippen LogP contribution in [0.5, 0.6) is 5.75 Å². The van der Waals surface area contributed by atoms with Crippen molar-refractivity contribution in [1.82, 2.24) is 20.0 Å². The third-order valence-electron chi connectivity index (χ3n) is 8.93. The Morgan fingerprint density at radius 3 is 2.57 bits per heavy atom. The number of hydrogen-bond acceptors (Lipinski definition) is 6. The number of benzene rings is 3. The van der Waals surface area contributed by atoms with Crippen LogP contribution in [0, 0.1) is 11.3 Å². The molecule has 2 aliphatic heterocycles. The zero-order valence-electron chi connectivity index (χ0n) is 25.8. The molecule has 0 spiro atoms. The second kappa shape index (κ2) is 15.0. The van der Waals surface area contributed by atoms with Crippen molar-refractivity contribution >= 4 is 51.8 Å². The number of nitriles is 1. The maximum atomic E-state index is 14.4. The molecule has 5 rings (SSSR count). The summed E-state index contributed by atoms with van der Waals surface area (Å²) in [6.45, 7) is 3.78. The van der Waals surface area contributed by atoms with Gasteiger partial charge in [-0.1, -0.05) is 53.5 Å². The highest BCUT2D eigenvalue weighted by Gasteiger charge is 2.31. The van der Waals surface area contributed by atoms with Crippen LogP contribution in [-0.2, 0) is 4.79 Å². The quantitative estimate of drug-likeness (QED) is 0.296. The van der Waals surface area contributed by atoms with Gasteiger partial charge in [-0.2, -0.15) is 5.26 Å². The number of methoxy groups -OCH3 is 1. The molecule has 3 N–H and O–H groups in total. The summed E-state index contributed by atoms with van der Waals surface area (Å²) in [6.07, 6.45) is 3.39. The first-order valence-electron chi connectivity index (χ1n) is 15.5. The highest BCUT2D eigenvalue weighted by atomic mass is 35.5. The molecule has 1 atom stereocenters. The summed E-state index contributed by atoms with van der Waals surface area (Å²) < 4.78 is 5.60. The van der Waals surface area contributed by atoms with Crippen LogP contribution in [0.4, 0.5) is 4.79 Å². The molecule has 0 radical (unpaired) electrons. The molecular formula is C34H38Cl2N6O4. The molecule has 1 unspecified atom stereocenters. The van der Waals surface area contributed by atoms with Gasteiger partial charge >= 0.3 is 6.03 Å². The lowest BCUT2D eigenvalue weighted by molar-refractivity contribution is -0.118. The van der Waals surface area contributed by atoms with E-state index in [4.69, 9.17) is 33.7 Å². The number of rotatable bonds is 11. The number of amides is 4. The Kier molecular flexibility index (Phi) is 10.9. The molecule has 0 aliphatic carbocycles. The van der Waals surface area contributed by atoms with E-state index in [9.17, 15) is 19.6 Å². The number of ether oxygens (including phenoxy) is 1. The van der Waals surface area contributed by atoms with E-state index in [1.54, 1.807) is 24.3 Å². The van der Waals surface area contributed by atoms with Gasteiger partial charge in [0, 0.05) is 44.7 Å². The van der Waals surface area contributed by atoms with Crippen molar-refractivity contribution in [3.8, 4) is 11.8 Å². The minimum absolute atomic E-state index is 0.0216. The third kappa shape index (κ3) is 7.49. The van der Waals surface area contributed by atoms with Gasteiger partial charge in [0.2, 0.25) is 5.91 Å². The summed E-state index contributed by atoms with van der Waals surface area (Å²) in [5.41, 5.74) is 6.98. The average Bonchev–Trinajstić information content (AvgIpc) is 3.06. The van der Waals surface area contributed by atoms with Crippen molar-refractivity contribution in [2.75, 3.05) is 52.9 Å². The molecule has 2 heterocycles. The van der Waals surface area contributed by atoms with Crippen molar-refractivity contribution in [2.24, 2.45) is 5.73 Å². The van der Waals surface area contributed by atoms with Gasteiger partial charge in [-0.3, -0.25) is 9.59 Å². The SMILES string of the molecule is COc1c(C#N)cc2ccccc2c1C(=O)N(CC(N)=O)CC(CCN1CCC(N2CCCNC2=O)CC1)c1ccc(Cl)c(Cl)c1. The average molecular weight is 666 g/mol. The van der Waals surface area contributed by atoms with Gasteiger partial charge in [-0.05, 0) is 66.8 Å². The Labute approximate surface area is 278 Å². The molecular weight excluding hydrogens is 627 g/mol. The Morgan fingerprint density at radius 1 is 1.13 bits per heavy atom. The van der Waals surface area contributed by atoms with Gasteiger partial charge in [-0.15, -0.1) is 0 Å². The smallest absolute Gasteiger partial charge is 0.317 e. The van der Waals surface area contributed by atoms with Gasteiger partial charge in [-0.25, -0.2) is 4.79 Å². The number of nitrogens with two attached hydrogens (primary N) is 1. The third-order valence-corrected chi connectivity index (χ3v) is 9.67. The van der Waals surface area contributed by atoms with Crippen molar-refractivity contribution in [3.05, 3.63) is 75.3 Å². The molecule has 242 valence electrons. The molecule has 0 saturated carbocycles. The van der Waals surface area contributed by atoms with Gasteiger partial charge in [0.1, 0.15) is 11.8 Å². The lowest BCUT2D eigenvalue weighted by Crippen LogP contribution is -2.54. The van der Waals surface area contributed by atoms with Crippen LogP contribution in [0.2, 0.25) is 10.0 Å². The Balaban J connectivity index is 1.41. The number of halogens is 2. The van der Waals surface area contributed by atoms with E-state index >= 15 is 0 Å². The van der Waals surface area contributed by atoms with Crippen LogP contribution in [0.25, 0.3) is 10.8 Å². The number of nitrogens with one attached hydrogen (secondary N) is 1. The molecule has 3 aromatic rings. The number of carbonyl (C=O) groups excluding carboxylic acids is 3. The number of primary amides is 1. The summed E-state index contributed by atoms with van der Waals surface area (Å²) >= 11 is 12.7. The molecule has 10 nitrogen and oxygen atoms in total. The van der Waals surface area contributed by atoms with E-state index in [1.807, 2.05) is 29.2 Å². The maximum absolute atomic E-state index is 14.4. The molecule has 4 amide bonds. The predicted molar refractivity (Wildman–Crippen MR) is 178 cm³/mol. The fraction of sp³-hybridized carbons (Fsp3) is 0.412. The monoisotopic (exact) mass is 664 g/mol. The molecule has 0 aromatic heterocycles. The molecule has 2 saturated heterocycles. The van der Waals surface area contributed by atoms with Crippen LogP contribution >= 0.6 is 23.2 Å². The number of piperidine rings is 1. The zero-order chi connectivity index (χ0) is 32.8. The first-order chi connectivity index (χ1) is 22.2. The summed E-state index contributed by atoms with van der Waals surface area (Å²) in [6, 6.07) is 16.7. The van der Waals surface area contributed by atoms with Crippen LogP contribution in [-0.4, -0.2) is 91.5 Å². The summed E-state index contributed by atoms with van der Waals surface area (Å²) in [7, 11) is 1.42. The lowest BCUT2D eigenvalue weighted by atomic mass is 9.93. The van der Waals surface area contributed by atoms with Crippen LogP contribution in [0.15, 0.2) is 48.5 Å². The first kappa shape index (κ1) is 33.3. The van der Waals surface area contributed by atoms with Crippen molar-refractivity contribution < 1.29 is 19.1 Å². The fourth-order valence-electron chi connectivity index (χ4n) is 6.59. The number of urea groups is 1. The predicted octanol–water partition coefficient (Wildman–Crippen LogP) is 5.01. The Bertz CT molecular complexity index is 1650. The summed E-state index contributed by atoms with van der Waals surface area (Å²) in [5, 5.41) is 14.9. The van der Waals surface area contributed by atoms with Crippen molar-refractivity contribution in [1.29, 1.82) is 5.26 Å². The fourth-order valence-corrected chi connectivity index (χ4v) is 6.89. The largest absolute Gasteiger partial charge is 0.495 e. The molecule has 0 bridgehead atoms. The highest BCUT2D eigenvalue weighted by molar-refractivity contribution is 6.42. The number of likely N-dealkylation sites (tertiary alicyclic amines) is 1. The number of fused-ring (bicyclic) bond motifs is 1. The normalized spacial score (nSPS) is 16.5. The van der Waals surface area contributed by atoms with Gasteiger partial charge in [0.25, 0.3) is 5.91 Å². The second-order valence-corrected chi connectivity index (χ2v) is 12.6. The molecule has 2 fully saturated rings. The first-order valence-corrected chi connectivity index (χ1v) is 16.2. The van der Waals surface area contributed by atoms with Crippen LogP contribution < -0.4 is 15.8 Å². The van der Waals surface area contributed by atoms with Gasteiger partial charge in [0.05, 0.1) is 34.8 Å². The minimum Gasteiger partial charge on any atom is -0.495 e. The summed E-state index contributed by atoms with van der Waals surface area (Å²) in [4.78, 5) is 44.9. The molecule has 12 heteroatoms. The van der Waals surface area contributed by atoms with Crippen molar-refractivity contribution in [3.63, 3.8) is 0 Å². The lowest BCUT2D eigenvalue weighted by Gasteiger charge is -2.40. The Hall–Kier alpha value is -4.04. The van der Waals surface area contributed by atoms with Gasteiger partial charge < -0.3 is 30.5 Å². The van der Waals surface area contributed by atoms with E-state index in [0.29, 0.717) is 27.2 Å². The maximum Gasteiger partial charge on any atom is 0.317 e. The van der Waals surface area contributed by atoms with E-state index in [1.165, 1.54) is 12.0 Å². The minimum atomic E-state index is -0.662. The number of hydrogen-bond donors (Lipinski definition) is 2. The topological polar surface area (TPSA) is 132 Å². The number of carbonyl (C=O) groups is 3. The van der Waals surface area contributed by atoms with Gasteiger partial charge in [0.15, 0.2) is 0 Å². The molecule has 3 aromatic carbocycles. The standard InChI is InChI=1S/C34H38Cl2N6O4/c1-46-32-25(19-37)17-23-5-2-3-6-27(23)31(32)33(44)41(21-30(38)43)20-24(22-7-8-28(35)29(36)18-22)9-14-40-15-10-26(11-16-40)42-13-4-12-39-34(42)45/h2-3,5-8,17-18,24,26H,4,9-16,20-21H2,1H3,(H2,38,43)(H,39,45). The second-order valence-electron chi connectivity index (χ2n) is 11.8.